The molecule has 88 valence electrons. The lowest BCUT2D eigenvalue weighted by Gasteiger charge is -2.43. The van der Waals surface area contributed by atoms with Crippen LogP contribution in [0.5, 0.6) is 0 Å². The van der Waals surface area contributed by atoms with E-state index >= 15 is 0 Å². The van der Waals surface area contributed by atoms with Crippen LogP contribution in [-0.2, 0) is 9.47 Å². The second-order valence-corrected chi connectivity index (χ2v) is 4.26. The van der Waals surface area contributed by atoms with Crippen LogP contribution in [0.15, 0.2) is 0 Å². The van der Waals surface area contributed by atoms with Gasteiger partial charge >= 0.3 is 0 Å². The zero-order chi connectivity index (χ0) is 10.9. The van der Waals surface area contributed by atoms with Gasteiger partial charge in [-0.3, -0.25) is 0 Å². The first-order valence-corrected chi connectivity index (χ1v) is 5.47. The van der Waals surface area contributed by atoms with Gasteiger partial charge in [-0.1, -0.05) is 0 Å². The summed E-state index contributed by atoms with van der Waals surface area (Å²) in [5, 5.41) is 28.4. The van der Waals surface area contributed by atoms with Crippen molar-refractivity contribution in [2.75, 3.05) is 13.2 Å². The fraction of sp³-hybridized carbons (Fsp3) is 1.00. The number of aliphatic hydroxyl groups is 3. The summed E-state index contributed by atoms with van der Waals surface area (Å²) in [6, 6.07) is 0. The Kier molecular flexibility index (Phi) is 3.27. The summed E-state index contributed by atoms with van der Waals surface area (Å²) in [6.45, 7) is 0.569. The molecule has 2 heterocycles. The molecule has 0 radical (unpaired) electrons. The predicted octanol–water partition coefficient (Wildman–Crippen LogP) is -0.614. The average molecular weight is 218 g/mol. The minimum absolute atomic E-state index is 0.0174. The van der Waals surface area contributed by atoms with Gasteiger partial charge in [0.15, 0.2) is 5.79 Å². The van der Waals surface area contributed by atoms with Crippen molar-refractivity contribution in [2.45, 2.75) is 49.8 Å². The molecule has 3 N–H and O–H groups in total. The lowest BCUT2D eigenvalue weighted by molar-refractivity contribution is -0.324. The quantitative estimate of drug-likeness (QED) is 0.576. The van der Waals surface area contributed by atoms with E-state index < -0.39 is 18.0 Å². The highest BCUT2D eigenvalue weighted by Crippen LogP contribution is 2.38. The van der Waals surface area contributed by atoms with Crippen LogP contribution in [0.2, 0.25) is 0 Å². The summed E-state index contributed by atoms with van der Waals surface area (Å²) < 4.78 is 11.1. The van der Waals surface area contributed by atoms with Crippen molar-refractivity contribution in [1.29, 1.82) is 0 Å². The molecule has 0 aromatic rings. The van der Waals surface area contributed by atoms with E-state index in [4.69, 9.17) is 14.6 Å². The Labute approximate surface area is 88.6 Å². The zero-order valence-electron chi connectivity index (χ0n) is 8.63. The third-order valence-electron chi connectivity index (χ3n) is 3.15. The molecule has 4 atom stereocenters. The van der Waals surface area contributed by atoms with Crippen molar-refractivity contribution in [3.05, 3.63) is 0 Å². The van der Waals surface area contributed by atoms with Crippen molar-refractivity contribution in [1.82, 2.24) is 0 Å². The normalized spacial score (nSPS) is 46.2. The van der Waals surface area contributed by atoms with Crippen LogP contribution in [0, 0.1) is 0 Å². The lowest BCUT2D eigenvalue weighted by atomic mass is 9.92. The predicted molar refractivity (Wildman–Crippen MR) is 51.1 cm³/mol. The van der Waals surface area contributed by atoms with Gasteiger partial charge in [-0.15, -0.1) is 0 Å². The van der Waals surface area contributed by atoms with Gasteiger partial charge in [-0.25, -0.2) is 0 Å². The van der Waals surface area contributed by atoms with Gasteiger partial charge in [0.25, 0.3) is 0 Å². The SMILES string of the molecule is OCC[C@@H]1C[C@H](O)[C@@H](O)[C@]2(CCCO2)O1. The number of ether oxygens (including phenoxy) is 2. The molecule has 0 aromatic heterocycles. The molecule has 2 fully saturated rings. The summed E-state index contributed by atoms with van der Waals surface area (Å²) in [6.07, 6.45) is 0.222. The molecule has 2 saturated heterocycles. The first-order chi connectivity index (χ1) is 7.18. The van der Waals surface area contributed by atoms with Gasteiger partial charge in [-0.05, 0) is 12.8 Å². The standard InChI is InChI=1S/C10H18O5/c11-4-2-7-6-8(12)9(13)10(15-7)3-1-5-14-10/h7-9,11-13H,1-6H2/t7-,8+,9-,10+/m1/s1. The molecular formula is C10H18O5. The summed E-state index contributed by atoms with van der Waals surface area (Å²) in [5.74, 6) is -1.03. The third-order valence-corrected chi connectivity index (χ3v) is 3.15. The molecule has 5 nitrogen and oxygen atoms in total. The van der Waals surface area contributed by atoms with Crippen molar-refractivity contribution >= 4 is 0 Å². The maximum absolute atomic E-state index is 9.85. The van der Waals surface area contributed by atoms with Gasteiger partial charge in [0.2, 0.25) is 0 Å². The number of hydrogen-bond acceptors (Lipinski definition) is 5. The first kappa shape index (κ1) is 11.3. The van der Waals surface area contributed by atoms with Crippen LogP contribution in [0.1, 0.15) is 25.7 Å². The number of rotatable bonds is 2. The number of aliphatic hydroxyl groups excluding tert-OH is 3. The smallest absolute Gasteiger partial charge is 0.197 e. The van der Waals surface area contributed by atoms with Crippen LogP contribution in [-0.4, -0.2) is 52.6 Å². The Balaban J connectivity index is 2.07. The minimum Gasteiger partial charge on any atom is -0.396 e. The second-order valence-electron chi connectivity index (χ2n) is 4.26. The van der Waals surface area contributed by atoms with Crippen LogP contribution in [0.25, 0.3) is 0 Å². The first-order valence-electron chi connectivity index (χ1n) is 5.47. The zero-order valence-corrected chi connectivity index (χ0v) is 8.63. The molecule has 1 spiro atoms. The minimum atomic E-state index is -1.03. The summed E-state index contributed by atoms with van der Waals surface area (Å²) in [5.41, 5.74) is 0. The van der Waals surface area contributed by atoms with E-state index in [0.717, 1.165) is 6.42 Å². The Bertz CT molecular complexity index is 214. The highest BCUT2D eigenvalue weighted by molar-refractivity contribution is 4.94. The Morgan fingerprint density at radius 2 is 2.13 bits per heavy atom. The highest BCUT2D eigenvalue weighted by Gasteiger charge is 2.51. The van der Waals surface area contributed by atoms with Crippen molar-refractivity contribution in [3.8, 4) is 0 Å². The molecular weight excluding hydrogens is 200 g/mol. The van der Waals surface area contributed by atoms with E-state index in [2.05, 4.69) is 0 Å². The van der Waals surface area contributed by atoms with Gasteiger partial charge in [-0.2, -0.15) is 0 Å². The van der Waals surface area contributed by atoms with Crippen LogP contribution in [0.3, 0.4) is 0 Å². The van der Waals surface area contributed by atoms with E-state index in [0.29, 0.717) is 25.9 Å². The molecule has 0 saturated carbocycles. The summed E-state index contributed by atoms with van der Waals surface area (Å²) in [7, 11) is 0. The van der Waals surface area contributed by atoms with E-state index in [1.54, 1.807) is 0 Å². The van der Waals surface area contributed by atoms with Crippen molar-refractivity contribution < 1.29 is 24.8 Å². The topological polar surface area (TPSA) is 79.2 Å². The fourth-order valence-corrected chi connectivity index (χ4v) is 2.37. The van der Waals surface area contributed by atoms with Gasteiger partial charge < -0.3 is 24.8 Å². The molecule has 2 rings (SSSR count). The van der Waals surface area contributed by atoms with E-state index in [-0.39, 0.29) is 12.7 Å². The molecule has 5 heteroatoms. The second kappa shape index (κ2) is 4.35. The van der Waals surface area contributed by atoms with Crippen LogP contribution < -0.4 is 0 Å². The average Bonchev–Trinajstić information content (AvgIpc) is 2.64. The summed E-state index contributed by atoms with van der Waals surface area (Å²) in [4.78, 5) is 0. The number of hydrogen-bond donors (Lipinski definition) is 3. The van der Waals surface area contributed by atoms with Crippen LogP contribution >= 0.6 is 0 Å². The largest absolute Gasteiger partial charge is 0.396 e. The van der Waals surface area contributed by atoms with E-state index in [1.807, 2.05) is 0 Å². The molecule has 2 aliphatic rings. The van der Waals surface area contributed by atoms with Crippen molar-refractivity contribution in [3.63, 3.8) is 0 Å². The highest BCUT2D eigenvalue weighted by atomic mass is 16.7. The Hall–Kier alpha value is -0.200. The van der Waals surface area contributed by atoms with E-state index in [9.17, 15) is 10.2 Å². The van der Waals surface area contributed by atoms with Gasteiger partial charge in [0, 0.05) is 19.4 Å². The third kappa shape index (κ3) is 2.03. The molecule has 0 aromatic carbocycles. The maximum Gasteiger partial charge on any atom is 0.197 e. The molecule has 0 amide bonds. The maximum atomic E-state index is 9.85. The van der Waals surface area contributed by atoms with Gasteiger partial charge in [0.1, 0.15) is 6.10 Å². The molecule has 0 unspecified atom stereocenters. The summed E-state index contributed by atoms with van der Waals surface area (Å²) >= 11 is 0. The van der Waals surface area contributed by atoms with E-state index in [1.165, 1.54) is 0 Å². The Morgan fingerprint density at radius 1 is 1.33 bits per heavy atom. The molecule has 0 aliphatic carbocycles. The van der Waals surface area contributed by atoms with Crippen molar-refractivity contribution in [2.24, 2.45) is 0 Å². The van der Waals surface area contributed by atoms with Gasteiger partial charge in [0.05, 0.1) is 18.8 Å². The fourth-order valence-electron chi connectivity index (χ4n) is 2.37. The monoisotopic (exact) mass is 218 g/mol. The lowest BCUT2D eigenvalue weighted by Crippen LogP contribution is -2.57. The van der Waals surface area contributed by atoms with Crippen LogP contribution in [0.4, 0.5) is 0 Å². The molecule has 2 aliphatic heterocycles. The molecule has 0 bridgehead atoms. The molecule has 15 heavy (non-hydrogen) atoms. The Morgan fingerprint density at radius 3 is 2.73 bits per heavy atom.